The topological polar surface area (TPSA) is 76.0 Å². The van der Waals surface area contributed by atoms with Crippen LogP contribution in [0, 0.1) is 0 Å². The number of aromatic carboxylic acids is 1. The van der Waals surface area contributed by atoms with Crippen LogP contribution in [0.5, 0.6) is 0 Å². The summed E-state index contributed by atoms with van der Waals surface area (Å²) in [7, 11) is 0. The predicted octanol–water partition coefficient (Wildman–Crippen LogP) is 1.30. The summed E-state index contributed by atoms with van der Waals surface area (Å²) < 4.78 is 3.61. The molecule has 70 valence electrons. The second-order valence-electron chi connectivity index (χ2n) is 2.55. The second kappa shape index (κ2) is 3.51. The van der Waals surface area contributed by atoms with Gasteiger partial charge in [0.2, 0.25) is 0 Å². The van der Waals surface area contributed by atoms with Crippen LogP contribution in [0.25, 0.3) is 10.6 Å². The first-order chi connectivity index (χ1) is 6.77. The van der Waals surface area contributed by atoms with Gasteiger partial charge in [0, 0.05) is 17.1 Å². The first-order valence-corrected chi connectivity index (χ1v) is 4.53. The molecule has 2 rings (SSSR count). The van der Waals surface area contributed by atoms with Crippen LogP contribution in [0.15, 0.2) is 24.3 Å². The number of nitrogens with zero attached hydrogens (tertiary/aromatic N) is 3. The van der Waals surface area contributed by atoms with E-state index >= 15 is 0 Å². The fourth-order valence-corrected chi connectivity index (χ4v) is 1.49. The number of hydrogen-bond acceptors (Lipinski definition) is 5. The van der Waals surface area contributed by atoms with E-state index in [0.29, 0.717) is 5.01 Å². The van der Waals surface area contributed by atoms with Crippen molar-refractivity contribution >= 4 is 17.5 Å². The van der Waals surface area contributed by atoms with Gasteiger partial charge in [-0.2, -0.15) is 0 Å². The van der Waals surface area contributed by atoms with E-state index in [0.717, 1.165) is 17.1 Å². The monoisotopic (exact) mass is 207 g/mol. The van der Waals surface area contributed by atoms with Gasteiger partial charge < -0.3 is 5.11 Å². The van der Waals surface area contributed by atoms with Crippen molar-refractivity contribution in [2.75, 3.05) is 0 Å². The molecule has 5 nitrogen and oxygen atoms in total. The standard InChI is InChI=1S/C8H5N3O2S/c12-8(13)6-3-1-2-5(4-6)7-9-10-11-14-7/h1-4H,(H,12,13). The minimum atomic E-state index is -0.954. The average Bonchev–Trinajstić information content (AvgIpc) is 2.71. The van der Waals surface area contributed by atoms with Crippen molar-refractivity contribution in [3.8, 4) is 10.6 Å². The lowest BCUT2D eigenvalue weighted by Crippen LogP contribution is -1.95. The number of aromatic nitrogens is 3. The van der Waals surface area contributed by atoms with E-state index in [1.807, 2.05) is 0 Å². The zero-order valence-corrected chi connectivity index (χ0v) is 7.73. The summed E-state index contributed by atoms with van der Waals surface area (Å²) in [6.45, 7) is 0. The molecule has 0 aliphatic rings. The number of carboxylic acids is 1. The fraction of sp³-hybridized carbons (Fsp3) is 0. The summed E-state index contributed by atoms with van der Waals surface area (Å²) in [5.74, 6) is -0.954. The molecule has 6 heteroatoms. The Labute approximate surface area is 83.2 Å². The predicted molar refractivity (Wildman–Crippen MR) is 50.1 cm³/mol. The summed E-state index contributed by atoms with van der Waals surface area (Å²) in [4.78, 5) is 10.7. The van der Waals surface area contributed by atoms with Gasteiger partial charge in [0.1, 0.15) is 0 Å². The molecule has 0 bridgehead atoms. The van der Waals surface area contributed by atoms with Crippen molar-refractivity contribution in [1.82, 2.24) is 14.8 Å². The number of carboxylic acid groups (broad SMARTS) is 1. The van der Waals surface area contributed by atoms with Crippen molar-refractivity contribution in [3.05, 3.63) is 29.8 Å². The van der Waals surface area contributed by atoms with E-state index in [-0.39, 0.29) is 5.56 Å². The van der Waals surface area contributed by atoms with Gasteiger partial charge in [-0.15, -0.1) is 5.10 Å². The van der Waals surface area contributed by atoms with Crippen molar-refractivity contribution in [3.63, 3.8) is 0 Å². The summed E-state index contributed by atoms with van der Waals surface area (Å²) in [5.41, 5.74) is 0.956. The number of benzene rings is 1. The first-order valence-electron chi connectivity index (χ1n) is 3.76. The van der Waals surface area contributed by atoms with E-state index in [1.54, 1.807) is 18.2 Å². The largest absolute Gasteiger partial charge is 0.478 e. The van der Waals surface area contributed by atoms with E-state index in [2.05, 4.69) is 14.8 Å². The highest BCUT2D eigenvalue weighted by Crippen LogP contribution is 2.19. The Morgan fingerprint density at radius 2 is 2.29 bits per heavy atom. The van der Waals surface area contributed by atoms with Crippen LogP contribution in [0.2, 0.25) is 0 Å². The normalized spacial score (nSPS) is 10.0. The Balaban J connectivity index is 2.46. The lowest BCUT2D eigenvalue weighted by molar-refractivity contribution is 0.0697. The maximum absolute atomic E-state index is 10.7. The Morgan fingerprint density at radius 1 is 1.43 bits per heavy atom. The highest BCUT2D eigenvalue weighted by molar-refractivity contribution is 7.08. The van der Waals surface area contributed by atoms with E-state index in [4.69, 9.17) is 5.11 Å². The lowest BCUT2D eigenvalue weighted by Gasteiger charge is -1.96. The van der Waals surface area contributed by atoms with Gasteiger partial charge in [-0.25, -0.2) is 4.79 Å². The third kappa shape index (κ3) is 1.60. The van der Waals surface area contributed by atoms with E-state index in [1.165, 1.54) is 6.07 Å². The average molecular weight is 207 g/mol. The van der Waals surface area contributed by atoms with Crippen LogP contribution in [0.1, 0.15) is 10.4 Å². The molecule has 0 aliphatic carbocycles. The van der Waals surface area contributed by atoms with Crippen molar-refractivity contribution in [2.45, 2.75) is 0 Å². The van der Waals surface area contributed by atoms with Crippen LogP contribution in [0.4, 0.5) is 0 Å². The minimum absolute atomic E-state index is 0.234. The van der Waals surface area contributed by atoms with Gasteiger partial charge >= 0.3 is 5.97 Å². The van der Waals surface area contributed by atoms with Gasteiger partial charge in [0.05, 0.1) is 5.56 Å². The third-order valence-electron chi connectivity index (χ3n) is 1.66. The van der Waals surface area contributed by atoms with Gasteiger partial charge in [0.15, 0.2) is 5.01 Å². The number of rotatable bonds is 2. The van der Waals surface area contributed by atoms with Crippen LogP contribution in [-0.4, -0.2) is 25.9 Å². The molecule has 0 unspecified atom stereocenters. The van der Waals surface area contributed by atoms with Crippen molar-refractivity contribution < 1.29 is 9.90 Å². The van der Waals surface area contributed by atoms with E-state index < -0.39 is 5.97 Å². The second-order valence-corrected chi connectivity index (χ2v) is 3.29. The molecule has 0 saturated heterocycles. The smallest absolute Gasteiger partial charge is 0.335 e. The molecule has 0 radical (unpaired) electrons. The Kier molecular flexibility index (Phi) is 2.19. The summed E-state index contributed by atoms with van der Waals surface area (Å²) >= 11 is 1.13. The Morgan fingerprint density at radius 3 is 2.93 bits per heavy atom. The molecule has 0 saturated carbocycles. The molecule has 1 heterocycles. The SMILES string of the molecule is O=C(O)c1cccc(-c2nnns2)c1. The van der Waals surface area contributed by atoms with Gasteiger partial charge in [-0.3, -0.25) is 0 Å². The molecule has 0 atom stereocenters. The third-order valence-corrected chi connectivity index (χ3v) is 2.30. The maximum atomic E-state index is 10.7. The Bertz CT molecular complexity index is 455. The molecule has 1 aromatic carbocycles. The number of hydrogen-bond donors (Lipinski definition) is 1. The maximum Gasteiger partial charge on any atom is 0.335 e. The molecule has 0 spiro atoms. The van der Waals surface area contributed by atoms with Gasteiger partial charge in [-0.05, 0) is 17.3 Å². The van der Waals surface area contributed by atoms with Crippen LogP contribution >= 0.6 is 11.5 Å². The lowest BCUT2D eigenvalue weighted by atomic mass is 10.1. The van der Waals surface area contributed by atoms with Gasteiger partial charge in [0.25, 0.3) is 0 Å². The zero-order chi connectivity index (χ0) is 9.97. The first kappa shape index (κ1) is 8.76. The summed E-state index contributed by atoms with van der Waals surface area (Å²) in [6.07, 6.45) is 0. The van der Waals surface area contributed by atoms with Crippen molar-refractivity contribution in [2.24, 2.45) is 0 Å². The minimum Gasteiger partial charge on any atom is -0.478 e. The Hall–Kier alpha value is -1.82. The summed E-state index contributed by atoms with van der Waals surface area (Å²) in [6, 6.07) is 6.51. The zero-order valence-electron chi connectivity index (χ0n) is 6.91. The highest BCUT2D eigenvalue weighted by Gasteiger charge is 2.06. The van der Waals surface area contributed by atoms with Gasteiger partial charge in [-0.1, -0.05) is 16.6 Å². The molecular weight excluding hydrogens is 202 g/mol. The molecule has 0 aliphatic heterocycles. The molecule has 0 amide bonds. The number of carbonyl (C=O) groups is 1. The summed E-state index contributed by atoms with van der Waals surface area (Å²) in [5, 5.41) is 16.6. The molecule has 2 aromatic rings. The van der Waals surface area contributed by atoms with Crippen LogP contribution in [0.3, 0.4) is 0 Å². The van der Waals surface area contributed by atoms with Crippen LogP contribution in [-0.2, 0) is 0 Å². The fourth-order valence-electron chi connectivity index (χ4n) is 1.03. The van der Waals surface area contributed by atoms with E-state index in [9.17, 15) is 4.79 Å². The van der Waals surface area contributed by atoms with Crippen molar-refractivity contribution in [1.29, 1.82) is 0 Å². The molecule has 14 heavy (non-hydrogen) atoms. The molecule has 0 fully saturated rings. The van der Waals surface area contributed by atoms with Crippen LogP contribution < -0.4 is 0 Å². The molecule has 1 aromatic heterocycles. The highest BCUT2D eigenvalue weighted by atomic mass is 32.1. The molecule has 1 N–H and O–H groups in total. The molecular formula is C8H5N3O2S. The quantitative estimate of drug-likeness (QED) is 0.803.